The van der Waals surface area contributed by atoms with Gasteiger partial charge >= 0.3 is 0 Å². The summed E-state index contributed by atoms with van der Waals surface area (Å²) in [6.07, 6.45) is 5.84. The summed E-state index contributed by atoms with van der Waals surface area (Å²) in [4.78, 5) is 4.00. The Morgan fingerprint density at radius 3 is 3.31 bits per heavy atom. The molecule has 0 aromatic carbocycles. The van der Waals surface area contributed by atoms with Gasteiger partial charge in [0.25, 0.3) is 0 Å². The van der Waals surface area contributed by atoms with Crippen molar-refractivity contribution in [3.63, 3.8) is 0 Å². The molecule has 1 saturated heterocycles. The Kier molecular flexibility index (Phi) is 2.55. The minimum atomic E-state index is 0.482. The highest BCUT2D eigenvalue weighted by molar-refractivity contribution is 7.99. The summed E-state index contributed by atoms with van der Waals surface area (Å²) in [5.41, 5.74) is 0.688. The molecule has 0 bridgehead atoms. The molecule has 0 aliphatic carbocycles. The van der Waals surface area contributed by atoms with Crippen LogP contribution >= 0.6 is 11.8 Å². The molecule has 1 aliphatic rings. The lowest BCUT2D eigenvalue weighted by Crippen LogP contribution is -2.16. The molecule has 0 saturated carbocycles. The van der Waals surface area contributed by atoms with Crippen LogP contribution in [0.4, 0.5) is 0 Å². The number of nitriles is 1. The fourth-order valence-corrected chi connectivity index (χ4v) is 2.76. The van der Waals surface area contributed by atoms with Gasteiger partial charge in [0.05, 0.1) is 12.5 Å². The van der Waals surface area contributed by atoms with E-state index in [1.807, 2.05) is 16.3 Å². The van der Waals surface area contributed by atoms with Gasteiger partial charge in [-0.3, -0.25) is 0 Å². The van der Waals surface area contributed by atoms with Gasteiger partial charge in [0, 0.05) is 11.8 Å². The van der Waals surface area contributed by atoms with Crippen molar-refractivity contribution in [2.75, 3.05) is 11.5 Å². The maximum Gasteiger partial charge on any atom is 0.140 e. The predicted molar refractivity (Wildman–Crippen MR) is 52.5 cm³/mol. The number of rotatable bonds is 1. The van der Waals surface area contributed by atoms with Crippen molar-refractivity contribution in [2.24, 2.45) is 0 Å². The molecule has 1 atom stereocenters. The van der Waals surface area contributed by atoms with Gasteiger partial charge < -0.3 is 4.57 Å². The van der Waals surface area contributed by atoms with Crippen molar-refractivity contribution in [3.8, 4) is 6.07 Å². The van der Waals surface area contributed by atoms with Crippen LogP contribution in [-0.4, -0.2) is 21.1 Å². The molecular weight excluding hydrogens is 182 g/mol. The highest BCUT2D eigenvalue weighted by Crippen LogP contribution is 2.27. The maximum atomic E-state index is 8.82. The third-order valence-corrected chi connectivity index (χ3v) is 3.51. The van der Waals surface area contributed by atoms with Crippen molar-refractivity contribution < 1.29 is 0 Å². The lowest BCUT2D eigenvalue weighted by molar-refractivity contribution is 0.496. The van der Waals surface area contributed by atoms with E-state index in [1.165, 1.54) is 18.6 Å². The van der Waals surface area contributed by atoms with Crippen LogP contribution in [0.2, 0.25) is 0 Å². The van der Waals surface area contributed by atoms with Gasteiger partial charge in [-0.15, -0.1) is 0 Å². The number of hydrogen-bond acceptors (Lipinski definition) is 3. The second kappa shape index (κ2) is 3.84. The maximum absolute atomic E-state index is 8.82. The molecule has 1 aromatic heterocycles. The molecule has 0 N–H and O–H groups in total. The first-order valence-corrected chi connectivity index (χ1v) is 5.57. The fraction of sp³-hybridized carbons (Fsp3) is 0.556. The topological polar surface area (TPSA) is 41.6 Å². The van der Waals surface area contributed by atoms with Gasteiger partial charge in [0.15, 0.2) is 0 Å². The van der Waals surface area contributed by atoms with Gasteiger partial charge in [-0.2, -0.15) is 17.0 Å². The van der Waals surface area contributed by atoms with Crippen LogP contribution in [0, 0.1) is 11.3 Å². The summed E-state index contributed by atoms with van der Waals surface area (Å²) < 4.78 is 2.01. The third kappa shape index (κ3) is 1.70. The van der Waals surface area contributed by atoms with Crippen LogP contribution in [0.15, 0.2) is 12.5 Å². The molecule has 0 spiro atoms. The minimum Gasteiger partial charge on any atom is -0.318 e. The number of aromatic nitrogens is 2. The lowest BCUT2D eigenvalue weighted by Gasteiger charge is -2.22. The SMILES string of the molecule is N#Cc1cncn1C1CCCSC1. The van der Waals surface area contributed by atoms with Crippen LogP contribution in [0.5, 0.6) is 0 Å². The summed E-state index contributed by atoms with van der Waals surface area (Å²) >= 11 is 1.96. The van der Waals surface area contributed by atoms with E-state index in [1.54, 1.807) is 12.5 Å². The summed E-state index contributed by atoms with van der Waals surface area (Å²) in [5, 5.41) is 8.82. The number of nitrogens with zero attached hydrogens (tertiary/aromatic N) is 3. The quantitative estimate of drug-likeness (QED) is 0.683. The Balaban J connectivity index is 2.19. The molecule has 2 rings (SSSR count). The zero-order valence-corrected chi connectivity index (χ0v) is 8.13. The van der Waals surface area contributed by atoms with Crippen LogP contribution in [0.3, 0.4) is 0 Å². The summed E-state index contributed by atoms with van der Waals surface area (Å²) in [6.45, 7) is 0. The first kappa shape index (κ1) is 8.64. The van der Waals surface area contributed by atoms with Gasteiger partial charge in [-0.1, -0.05) is 0 Å². The zero-order valence-electron chi connectivity index (χ0n) is 7.31. The van der Waals surface area contributed by atoms with Crippen molar-refractivity contribution in [1.82, 2.24) is 9.55 Å². The Morgan fingerprint density at radius 2 is 2.62 bits per heavy atom. The van der Waals surface area contributed by atoms with E-state index >= 15 is 0 Å². The van der Waals surface area contributed by atoms with Crippen molar-refractivity contribution in [1.29, 1.82) is 5.26 Å². The number of thioether (sulfide) groups is 1. The van der Waals surface area contributed by atoms with Crippen molar-refractivity contribution in [2.45, 2.75) is 18.9 Å². The fourth-order valence-electron chi connectivity index (χ4n) is 1.63. The van der Waals surface area contributed by atoms with Crippen LogP contribution in [0.25, 0.3) is 0 Å². The molecule has 0 amide bonds. The van der Waals surface area contributed by atoms with Gasteiger partial charge in [-0.25, -0.2) is 4.98 Å². The van der Waals surface area contributed by atoms with Gasteiger partial charge in [0.2, 0.25) is 0 Å². The first-order valence-electron chi connectivity index (χ1n) is 4.41. The van der Waals surface area contributed by atoms with E-state index in [9.17, 15) is 0 Å². The number of hydrogen-bond donors (Lipinski definition) is 0. The lowest BCUT2D eigenvalue weighted by atomic mass is 10.2. The standard InChI is InChI=1S/C9H11N3S/c10-4-9-5-11-7-12(9)8-2-1-3-13-6-8/h5,7-8H,1-3,6H2. The smallest absolute Gasteiger partial charge is 0.140 e. The molecule has 13 heavy (non-hydrogen) atoms. The highest BCUT2D eigenvalue weighted by atomic mass is 32.2. The Bertz CT molecular complexity index is 320. The normalized spacial score (nSPS) is 22.5. The minimum absolute atomic E-state index is 0.482. The van der Waals surface area contributed by atoms with Gasteiger partial charge in [-0.05, 0) is 18.6 Å². The van der Waals surface area contributed by atoms with E-state index in [2.05, 4.69) is 11.1 Å². The largest absolute Gasteiger partial charge is 0.318 e. The molecule has 3 nitrogen and oxygen atoms in total. The Labute approximate surface area is 81.8 Å². The van der Waals surface area contributed by atoms with Crippen LogP contribution in [0.1, 0.15) is 24.6 Å². The predicted octanol–water partition coefficient (Wildman–Crippen LogP) is 1.82. The molecule has 4 heteroatoms. The van der Waals surface area contributed by atoms with Crippen molar-refractivity contribution in [3.05, 3.63) is 18.2 Å². The summed E-state index contributed by atoms with van der Waals surface area (Å²) in [5.74, 6) is 2.37. The van der Waals surface area contributed by atoms with E-state index in [0.29, 0.717) is 11.7 Å². The second-order valence-corrected chi connectivity index (χ2v) is 4.32. The average Bonchev–Trinajstić information content (AvgIpc) is 2.67. The van der Waals surface area contributed by atoms with Gasteiger partial charge in [0.1, 0.15) is 11.8 Å². The molecule has 1 fully saturated rings. The zero-order chi connectivity index (χ0) is 9.10. The molecule has 1 unspecified atom stereocenters. The Hall–Kier alpha value is -0.950. The van der Waals surface area contributed by atoms with E-state index < -0.39 is 0 Å². The third-order valence-electron chi connectivity index (χ3n) is 2.31. The highest BCUT2D eigenvalue weighted by Gasteiger charge is 2.17. The molecule has 1 aliphatic heterocycles. The number of imidazole rings is 1. The average molecular weight is 193 g/mol. The molecular formula is C9H11N3S. The summed E-state index contributed by atoms with van der Waals surface area (Å²) in [6, 6.07) is 2.65. The molecule has 2 heterocycles. The van der Waals surface area contributed by atoms with E-state index in [4.69, 9.17) is 5.26 Å². The van der Waals surface area contributed by atoms with Crippen molar-refractivity contribution >= 4 is 11.8 Å². The Morgan fingerprint density at radius 1 is 1.69 bits per heavy atom. The molecule has 0 radical (unpaired) electrons. The molecule has 68 valence electrons. The monoisotopic (exact) mass is 193 g/mol. The van der Waals surface area contributed by atoms with Crippen LogP contribution in [-0.2, 0) is 0 Å². The summed E-state index contributed by atoms with van der Waals surface area (Å²) in [7, 11) is 0. The van der Waals surface area contributed by atoms with E-state index in [0.717, 1.165) is 5.75 Å². The van der Waals surface area contributed by atoms with E-state index in [-0.39, 0.29) is 0 Å². The second-order valence-electron chi connectivity index (χ2n) is 3.17. The molecule has 1 aromatic rings. The van der Waals surface area contributed by atoms with Crippen LogP contribution < -0.4 is 0 Å². The first-order chi connectivity index (χ1) is 6.42.